The van der Waals surface area contributed by atoms with Crippen molar-refractivity contribution in [3.63, 3.8) is 0 Å². The number of phenols is 1. The van der Waals surface area contributed by atoms with E-state index in [1.165, 1.54) is 4.68 Å². The average molecular weight is 431 g/mol. The summed E-state index contributed by atoms with van der Waals surface area (Å²) in [5.41, 5.74) is 4.63. The maximum absolute atomic E-state index is 13.0. The number of amides is 2. The van der Waals surface area contributed by atoms with Crippen LogP contribution in [-0.4, -0.2) is 26.8 Å². The first-order chi connectivity index (χ1) is 15.5. The number of anilines is 1. The fourth-order valence-corrected chi connectivity index (χ4v) is 3.82. The molecule has 3 aromatic rings. The van der Waals surface area contributed by atoms with Crippen molar-refractivity contribution in [1.82, 2.24) is 15.1 Å². The molecule has 0 bridgehead atoms. The third kappa shape index (κ3) is 4.23. The van der Waals surface area contributed by atoms with E-state index >= 15 is 0 Å². The van der Waals surface area contributed by atoms with Crippen molar-refractivity contribution in [3.05, 3.63) is 65.4 Å². The van der Waals surface area contributed by atoms with Crippen LogP contribution < -0.4 is 10.6 Å². The number of benzene rings is 2. The monoisotopic (exact) mass is 430 g/mol. The largest absolute Gasteiger partial charge is 0.507 e. The van der Waals surface area contributed by atoms with Crippen LogP contribution in [-0.2, 0) is 11.3 Å². The fraction of sp³-hybridized carbons (Fsp3) is 0.320. The zero-order chi connectivity index (χ0) is 22.2. The van der Waals surface area contributed by atoms with Crippen LogP contribution in [0.15, 0.2) is 48.5 Å². The Hall–Kier alpha value is -3.61. The second kappa shape index (κ2) is 8.15. The first-order valence-corrected chi connectivity index (χ1v) is 11.1. The van der Waals surface area contributed by atoms with Gasteiger partial charge in [-0.3, -0.25) is 4.79 Å². The van der Waals surface area contributed by atoms with E-state index in [2.05, 4.69) is 15.7 Å². The summed E-state index contributed by atoms with van der Waals surface area (Å²) in [6.07, 6.45) is 3.87. The van der Waals surface area contributed by atoms with Gasteiger partial charge in [-0.1, -0.05) is 24.3 Å². The van der Waals surface area contributed by atoms with E-state index in [0.29, 0.717) is 29.4 Å². The van der Waals surface area contributed by atoms with Crippen LogP contribution in [0.2, 0.25) is 0 Å². The second-order valence-corrected chi connectivity index (χ2v) is 8.72. The van der Waals surface area contributed by atoms with Crippen LogP contribution in [0.4, 0.5) is 10.5 Å². The molecule has 0 unspecified atom stereocenters. The van der Waals surface area contributed by atoms with E-state index in [1.807, 2.05) is 37.3 Å². The van der Waals surface area contributed by atoms with E-state index < -0.39 is 0 Å². The Balaban J connectivity index is 1.40. The van der Waals surface area contributed by atoms with Crippen LogP contribution in [0.3, 0.4) is 0 Å². The molecule has 0 saturated heterocycles. The minimum absolute atomic E-state index is 0.00132. The van der Waals surface area contributed by atoms with E-state index in [-0.39, 0.29) is 23.6 Å². The summed E-state index contributed by atoms with van der Waals surface area (Å²) >= 11 is 0. The lowest BCUT2D eigenvalue weighted by Gasteiger charge is -2.10. The average Bonchev–Trinajstić information content (AvgIpc) is 3.71. The van der Waals surface area contributed by atoms with Crippen molar-refractivity contribution in [1.29, 1.82) is 0 Å². The predicted molar refractivity (Wildman–Crippen MR) is 121 cm³/mol. The highest BCUT2D eigenvalue weighted by Gasteiger charge is 2.31. The van der Waals surface area contributed by atoms with Gasteiger partial charge in [0.1, 0.15) is 5.75 Å². The predicted octanol–water partition coefficient (Wildman–Crippen LogP) is 4.55. The molecule has 2 aliphatic carbocycles. The lowest BCUT2D eigenvalue weighted by molar-refractivity contribution is -0.117. The number of carbonyl (C=O) groups is 2. The highest BCUT2D eigenvalue weighted by molar-refractivity contribution is 5.95. The molecule has 0 aliphatic heterocycles. The number of rotatable bonds is 6. The number of carbonyl (C=O) groups excluding carboxylic acids is 2. The Labute approximate surface area is 186 Å². The molecule has 7 nitrogen and oxygen atoms in total. The van der Waals surface area contributed by atoms with Crippen molar-refractivity contribution in [3.8, 4) is 17.0 Å². The molecular weight excluding hydrogens is 404 g/mol. The maximum atomic E-state index is 13.0. The van der Waals surface area contributed by atoms with E-state index in [9.17, 15) is 14.7 Å². The zero-order valence-corrected chi connectivity index (χ0v) is 18.0. The molecular formula is C25H26N4O3. The Morgan fingerprint density at radius 3 is 2.59 bits per heavy atom. The Kier molecular flexibility index (Phi) is 5.17. The van der Waals surface area contributed by atoms with Gasteiger partial charge in [0.15, 0.2) is 0 Å². The molecule has 5 rings (SSSR count). The number of hydrogen-bond acceptors (Lipinski definition) is 4. The first kappa shape index (κ1) is 20.3. The van der Waals surface area contributed by atoms with Gasteiger partial charge in [0, 0.05) is 29.6 Å². The molecule has 164 valence electrons. The van der Waals surface area contributed by atoms with Gasteiger partial charge in [0.05, 0.1) is 11.4 Å². The van der Waals surface area contributed by atoms with Gasteiger partial charge in [-0.2, -0.15) is 9.78 Å². The summed E-state index contributed by atoms with van der Waals surface area (Å²) in [7, 11) is 0. The summed E-state index contributed by atoms with van der Waals surface area (Å²) in [4.78, 5) is 25.1. The number of nitrogens with zero attached hydrogens (tertiary/aromatic N) is 2. The molecule has 2 saturated carbocycles. The molecule has 1 aromatic heterocycles. The highest BCUT2D eigenvalue weighted by atomic mass is 16.3. The summed E-state index contributed by atoms with van der Waals surface area (Å²) < 4.78 is 1.42. The van der Waals surface area contributed by atoms with Crippen LogP contribution in [0.5, 0.6) is 5.75 Å². The van der Waals surface area contributed by atoms with Crippen LogP contribution >= 0.6 is 0 Å². The van der Waals surface area contributed by atoms with Crippen LogP contribution in [0.25, 0.3) is 11.3 Å². The molecule has 32 heavy (non-hydrogen) atoms. The molecule has 7 heteroatoms. The lowest BCUT2D eigenvalue weighted by Crippen LogP contribution is -2.30. The smallest absolute Gasteiger partial charge is 0.342 e. The van der Waals surface area contributed by atoms with Gasteiger partial charge < -0.3 is 15.7 Å². The molecule has 3 N–H and O–H groups in total. The second-order valence-electron chi connectivity index (χ2n) is 8.72. The fourth-order valence-electron chi connectivity index (χ4n) is 3.82. The molecule has 2 aromatic carbocycles. The van der Waals surface area contributed by atoms with Crippen molar-refractivity contribution in [2.24, 2.45) is 5.92 Å². The third-order valence-corrected chi connectivity index (χ3v) is 6.10. The quantitative estimate of drug-likeness (QED) is 0.500. The maximum Gasteiger partial charge on any atom is 0.342 e. The van der Waals surface area contributed by atoms with E-state index in [0.717, 1.165) is 42.5 Å². The number of aryl methyl sites for hydroxylation is 1. The van der Waals surface area contributed by atoms with Gasteiger partial charge in [0.2, 0.25) is 5.91 Å². The van der Waals surface area contributed by atoms with E-state index in [1.54, 1.807) is 18.2 Å². The number of nitrogens with one attached hydrogen (secondary N) is 2. The Morgan fingerprint density at radius 1 is 1.09 bits per heavy atom. The number of hydrogen-bond donors (Lipinski definition) is 3. The van der Waals surface area contributed by atoms with Crippen LogP contribution in [0, 0.1) is 12.8 Å². The van der Waals surface area contributed by atoms with E-state index in [4.69, 9.17) is 0 Å². The summed E-state index contributed by atoms with van der Waals surface area (Å²) in [5, 5.41) is 20.9. The molecule has 0 radical (unpaired) electrons. The number of aromatic nitrogens is 2. The summed E-state index contributed by atoms with van der Waals surface area (Å²) in [6, 6.07) is 14.4. The normalized spacial score (nSPS) is 15.4. The zero-order valence-electron chi connectivity index (χ0n) is 18.0. The SMILES string of the molecule is Cc1ccccc1CNC(=O)n1nc(-c2cc(NC(=O)C3CC3)ccc2O)cc1C1CC1. The topological polar surface area (TPSA) is 96.3 Å². The van der Waals surface area contributed by atoms with Crippen LogP contribution in [0.1, 0.15) is 48.4 Å². The van der Waals surface area contributed by atoms with Gasteiger partial charge in [-0.15, -0.1) is 0 Å². The number of aromatic hydroxyl groups is 1. The molecule has 2 amide bonds. The highest BCUT2D eigenvalue weighted by Crippen LogP contribution is 2.42. The summed E-state index contributed by atoms with van der Waals surface area (Å²) in [6.45, 7) is 2.43. The summed E-state index contributed by atoms with van der Waals surface area (Å²) in [5.74, 6) is 0.438. The van der Waals surface area contributed by atoms with Crippen molar-refractivity contribution in [2.75, 3.05) is 5.32 Å². The molecule has 2 fully saturated rings. The van der Waals surface area contributed by atoms with Crippen molar-refractivity contribution in [2.45, 2.75) is 45.1 Å². The van der Waals surface area contributed by atoms with Gasteiger partial charge in [0.25, 0.3) is 0 Å². The van der Waals surface area contributed by atoms with Gasteiger partial charge >= 0.3 is 6.03 Å². The standard InChI is InChI=1S/C25H26N4O3/c1-15-4-2-3-5-18(15)14-26-25(32)29-22(16-6-7-16)13-21(28-29)20-12-19(10-11-23(20)30)27-24(31)17-8-9-17/h2-5,10-13,16-17,30H,6-9,14H2,1H3,(H,26,32)(H,27,31). The Bertz CT molecular complexity index is 1190. The molecule has 1 heterocycles. The lowest BCUT2D eigenvalue weighted by atomic mass is 10.1. The third-order valence-electron chi connectivity index (χ3n) is 6.10. The minimum Gasteiger partial charge on any atom is -0.507 e. The number of phenolic OH excluding ortho intramolecular Hbond substituents is 1. The minimum atomic E-state index is -0.293. The Morgan fingerprint density at radius 2 is 1.88 bits per heavy atom. The molecule has 0 spiro atoms. The van der Waals surface area contributed by atoms with Gasteiger partial charge in [-0.25, -0.2) is 4.79 Å². The van der Waals surface area contributed by atoms with Crippen molar-refractivity contribution < 1.29 is 14.7 Å². The molecule has 2 aliphatic rings. The van der Waals surface area contributed by atoms with Gasteiger partial charge in [-0.05, 0) is 68.0 Å². The van der Waals surface area contributed by atoms with Crippen molar-refractivity contribution >= 4 is 17.6 Å². The molecule has 0 atom stereocenters. The first-order valence-electron chi connectivity index (χ1n) is 11.1.